The summed E-state index contributed by atoms with van der Waals surface area (Å²) in [5.41, 5.74) is 2.49. The molecule has 3 amide bonds. The van der Waals surface area contributed by atoms with E-state index in [-0.39, 0.29) is 29.8 Å². The molecule has 1 spiro atoms. The van der Waals surface area contributed by atoms with Crippen LogP contribution < -0.4 is 10.6 Å². The van der Waals surface area contributed by atoms with E-state index in [0.29, 0.717) is 6.42 Å². The van der Waals surface area contributed by atoms with Crippen LogP contribution >= 0.6 is 0 Å². The van der Waals surface area contributed by atoms with Gasteiger partial charge in [0.05, 0.1) is 11.8 Å². The molecule has 0 aromatic heterocycles. The van der Waals surface area contributed by atoms with Crippen LogP contribution in [0.4, 0.5) is 5.69 Å². The van der Waals surface area contributed by atoms with Gasteiger partial charge in [0.25, 0.3) is 0 Å². The van der Waals surface area contributed by atoms with Gasteiger partial charge in [-0.15, -0.1) is 0 Å². The molecule has 1 aromatic rings. The van der Waals surface area contributed by atoms with Crippen molar-refractivity contribution in [1.29, 1.82) is 0 Å². The molecule has 0 saturated carbocycles. The lowest BCUT2D eigenvalue weighted by molar-refractivity contribution is -0.145. The molecule has 4 rings (SSSR count). The first-order chi connectivity index (χ1) is 12.3. The van der Waals surface area contributed by atoms with E-state index in [2.05, 4.69) is 10.6 Å². The highest BCUT2D eigenvalue weighted by Crippen LogP contribution is 2.53. The Balaban J connectivity index is 1.90. The SMILES string of the molecule is CC[C@@H](C)N1C(=O)[C@H]2[C@@H](C1=O)[C@@]1(N[C@@H]2C)C(=O)Nc2c1ccc(C)c2C. The molecule has 5 atom stereocenters. The Hall–Kier alpha value is -2.21. The second-order valence-electron chi connectivity index (χ2n) is 7.93. The number of anilines is 1. The van der Waals surface area contributed by atoms with Crippen LogP contribution in [0.2, 0.25) is 0 Å². The fraction of sp³-hybridized carbons (Fsp3) is 0.550. The summed E-state index contributed by atoms with van der Waals surface area (Å²) in [7, 11) is 0. The fourth-order valence-corrected chi connectivity index (χ4v) is 4.92. The molecule has 2 fully saturated rings. The van der Waals surface area contributed by atoms with Gasteiger partial charge >= 0.3 is 0 Å². The van der Waals surface area contributed by atoms with Crippen LogP contribution in [0.3, 0.4) is 0 Å². The molecule has 0 aliphatic carbocycles. The molecule has 1 aromatic carbocycles. The fourth-order valence-electron chi connectivity index (χ4n) is 4.92. The lowest BCUT2D eigenvalue weighted by Crippen LogP contribution is -2.53. The van der Waals surface area contributed by atoms with E-state index in [1.807, 2.05) is 46.8 Å². The summed E-state index contributed by atoms with van der Waals surface area (Å²) in [4.78, 5) is 40.9. The zero-order chi connectivity index (χ0) is 19.0. The third-order valence-corrected chi connectivity index (χ3v) is 6.63. The first-order valence-corrected chi connectivity index (χ1v) is 9.32. The van der Waals surface area contributed by atoms with E-state index < -0.39 is 17.4 Å². The molecule has 6 heteroatoms. The van der Waals surface area contributed by atoms with Crippen LogP contribution in [0.15, 0.2) is 12.1 Å². The molecule has 2 saturated heterocycles. The molecule has 2 N–H and O–H groups in total. The number of carbonyl (C=O) groups is 3. The number of fused-ring (bicyclic) bond motifs is 4. The van der Waals surface area contributed by atoms with E-state index >= 15 is 0 Å². The maximum Gasteiger partial charge on any atom is 0.250 e. The van der Waals surface area contributed by atoms with Gasteiger partial charge in [-0.05, 0) is 45.2 Å². The second-order valence-corrected chi connectivity index (χ2v) is 7.93. The summed E-state index contributed by atoms with van der Waals surface area (Å²) in [5.74, 6) is -1.81. The van der Waals surface area contributed by atoms with E-state index in [1.54, 1.807) is 0 Å². The molecule has 3 aliphatic rings. The Bertz CT molecular complexity index is 849. The number of hydrogen-bond donors (Lipinski definition) is 2. The van der Waals surface area contributed by atoms with Gasteiger partial charge in [-0.3, -0.25) is 24.6 Å². The standard InChI is InChI=1S/C20H25N3O3/c1-6-10(3)23-17(24)14-12(5)22-20(15(14)18(23)25)13-8-7-9(2)11(4)16(13)21-19(20)26/h7-8,10,12,14-15,22H,6H2,1-5H3,(H,21,26)/t10-,12-,14-,15+,20-/m1/s1. The van der Waals surface area contributed by atoms with E-state index in [0.717, 1.165) is 22.4 Å². The van der Waals surface area contributed by atoms with Crippen LogP contribution in [0, 0.1) is 25.7 Å². The second kappa shape index (κ2) is 5.39. The highest BCUT2D eigenvalue weighted by molar-refractivity contribution is 6.15. The van der Waals surface area contributed by atoms with Gasteiger partial charge < -0.3 is 5.32 Å². The lowest BCUT2D eigenvalue weighted by atomic mass is 9.76. The summed E-state index contributed by atoms with van der Waals surface area (Å²) in [6.07, 6.45) is 0.701. The quantitative estimate of drug-likeness (QED) is 0.794. The Kier molecular flexibility index (Phi) is 3.57. The zero-order valence-electron chi connectivity index (χ0n) is 15.8. The minimum Gasteiger partial charge on any atom is -0.324 e. The molecule has 3 aliphatic heterocycles. The Morgan fingerprint density at radius 3 is 2.54 bits per heavy atom. The van der Waals surface area contributed by atoms with Crippen molar-refractivity contribution < 1.29 is 14.4 Å². The first-order valence-electron chi connectivity index (χ1n) is 9.32. The summed E-state index contributed by atoms with van der Waals surface area (Å²) in [6, 6.07) is 3.49. The van der Waals surface area contributed by atoms with Crippen molar-refractivity contribution in [3.63, 3.8) is 0 Å². The van der Waals surface area contributed by atoms with Gasteiger partial charge in [-0.1, -0.05) is 19.1 Å². The number of nitrogens with zero attached hydrogens (tertiary/aromatic N) is 1. The minimum absolute atomic E-state index is 0.156. The molecular formula is C20H25N3O3. The number of nitrogens with one attached hydrogen (secondary N) is 2. The summed E-state index contributed by atoms with van der Waals surface area (Å²) in [5, 5.41) is 6.32. The van der Waals surface area contributed by atoms with Crippen LogP contribution in [0.5, 0.6) is 0 Å². The van der Waals surface area contributed by atoms with Gasteiger partial charge in [0, 0.05) is 23.3 Å². The molecular weight excluding hydrogens is 330 g/mol. The summed E-state index contributed by atoms with van der Waals surface area (Å²) >= 11 is 0. The van der Waals surface area contributed by atoms with Crippen molar-refractivity contribution in [2.24, 2.45) is 11.8 Å². The van der Waals surface area contributed by atoms with Crippen molar-refractivity contribution in [3.05, 3.63) is 28.8 Å². The average Bonchev–Trinajstić information content (AvgIpc) is 3.16. The van der Waals surface area contributed by atoms with E-state index in [1.165, 1.54) is 4.90 Å². The van der Waals surface area contributed by atoms with Crippen molar-refractivity contribution in [2.45, 2.75) is 58.7 Å². The molecule has 138 valence electrons. The molecule has 26 heavy (non-hydrogen) atoms. The topological polar surface area (TPSA) is 78.5 Å². The Morgan fingerprint density at radius 2 is 1.88 bits per heavy atom. The average molecular weight is 355 g/mol. The summed E-state index contributed by atoms with van der Waals surface area (Å²) < 4.78 is 0. The van der Waals surface area contributed by atoms with Crippen molar-refractivity contribution in [2.75, 3.05) is 5.32 Å². The number of carbonyl (C=O) groups excluding carboxylic acids is 3. The minimum atomic E-state index is -1.16. The third-order valence-electron chi connectivity index (χ3n) is 6.63. The first kappa shape index (κ1) is 17.2. The number of likely N-dealkylation sites (tertiary alicyclic amines) is 1. The molecule has 0 unspecified atom stereocenters. The van der Waals surface area contributed by atoms with Crippen LogP contribution in [0.25, 0.3) is 0 Å². The molecule has 6 nitrogen and oxygen atoms in total. The van der Waals surface area contributed by atoms with Crippen LogP contribution in [0.1, 0.15) is 43.9 Å². The lowest BCUT2D eigenvalue weighted by Gasteiger charge is -2.30. The van der Waals surface area contributed by atoms with Crippen LogP contribution in [-0.2, 0) is 19.9 Å². The molecule has 0 radical (unpaired) electrons. The molecule has 3 heterocycles. The highest BCUT2D eigenvalue weighted by atomic mass is 16.2. The normalized spacial score (nSPS) is 33.7. The Labute approximate surface area is 153 Å². The largest absolute Gasteiger partial charge is 0.324 e. The summed E-state index contributed by atoms with van der Waals surface area (Å²) in [6.45, 7) is 9.70. The monoisotopic (exact) mass is 355 g/mol. The number of amides is 3. The van der Waals surface area contributed by atoms with Gasteiger partial charge in [0.15, 0.2) is 0 Å². The number of imide groups is 1. The predicted octanol–water partition coefficient (Wildman–Crippen LogP) is 1.84. The smallest absolute Gasteiger partial charge is 0.250 e. The number of hydrogen-bond acceptors (Lipinski definition) is 4. The maximum absolute atomic E-state index is 13.3. The van der Waals surface area contributed by atoms with Gasteiger partial charge in [0.1, 0.15) is 5.54 Å². The predicted molar refractivity (Wildman–Crippen MR) is 97.4 cm³/mol. The van der Waals surface area contributed by atoms with Gasteiger partial charge in [0.2, 0.25) is 17.7 Å². The van der Waals surface area contributed by atoms with Crippen LogP contribution in [-0.4, -0.2) is 34.7 Å². The van der Waals surface area contributed by atoms with Gasteiger partial charge in [-0.25, -0.2) is 0 Å². The number of benzene rings is 1. The van der Waals surface area contributed by atoms with Crippen molar-refractivity contribution in [1.82, 2.24) is 10.2 Å². The van der Waals surface area contributed by atoms with E-state index in [4.69, 9.17) is 0 Å². The third kappa shape index (κ3) is 1.83. The van der Waals surface area contributed by atoms with Crippen molar-refractivity contribution in [3.8, 4) is 0 Å². The molecule has 0 bridgehead atoms. The Morgan fingerprint density at radius 1 is 1.19 bits per heavy atom. The number of aryl methyl sites for hydroxylation is 1. The van der Waals surface area contributed by atoms with E-state index in [9.17, 15) is 14.4 Å². The zero-order valence-corrected chi connectivity index (χ0v) is 15.8. The van der Waals surface area contributed by atoms with Crippen molar-refractivity contribution >= 4 is 23.4 Å². The maximum atomic E-state index is 13.3. The number of rotatable bonds is 2. The highest BCUT2D eigenvalue weighted by Gasteiger charge is 2.70. The van der Waals surface area contributed by atoms with Gasteiger partial charge in [-0.2, -0.15) is 0 Å².